The predicted molar refractivity (Wildman–Crippen MR) is 143 cm³/mol. The number of nitrogens with zero attached hydrogens (tertiary/aromatic N) is 2. The summed E-state index contributed by atoms with van der Waals surface area (Å²) in [5, 5.41) is 4.95. The Bertz CT molecular complexity index is 1180. The number of alkyl halides is 3. The van der Waals surface area contributed by atoms with Gasteiger partial charge >= 0.3 is 6.18 Å². The van der Waals surface area contributed by atoms with Crippen LogP contribution in [0.4, 0.5) is 18.9 Å². The highest BCUT2D eigenvalue weighted by molar-refractivity contribution is 6.48. The number of anilines is 1. The van der Waals surface area contributed by atoms with Gasteiger partial charge in [0.05, 0.1) is 6.20 Å². The predicted octanol–water partition coefficient (Wildman–Crippen LogP) is 4.56. The van der Waals surface area contributed by atoms with Crippen LogP contribution in [0, 0.1) is 17.3 Å². The van der Waals surface area contributed by atoms with Gasteiger partial charge in [-0.15, -0.1) is 0 Å². The molecule has 2 amide bonds. The number of benzene rings is 1. The van der Waals surface area contributed by atoms with Gasteiger partial charge in [-0.1, -0.05) is 65.0 Å². The number of amides is 2. The minimum Gasteiger partial charge on any atom is -0.398 e. The first-order valence-electron chi connectivity index (χ1n) is 12.4. The van der Waals surface area contributed by atoms with E-state index in [2.05, 4.69) is 15.6 Å². The van der Waals surface area contributed by atoms with Gasteiger partial charge in [-0.25, -0.2) is 4.98 Å². The lowest BCUT2D eigenvalue weighted by molar-refractivity contribution is -0.265. The molecule has 1 aromatic carbocycles. The Balaban J connectivity index is 2.67. The van der Waals surface area contributed by atoms with E-state index in [1.165, 1.54) is 33.9 Å². The number of hydrogen-bond donors (Lipinski definition) is 2. The van der Waals surface area contributed by atoms with Crippen LogP contribution in [0.2, 0.25) is 13.1 Å². The first-order chi connectivity index (χ1) is 17.4. The first-order valence-corrected chi connectivity index (χ1v) is 15.2. The number of aromatic nitrogens is 2. The highest BCUT2D eigenvalue weighted by Gasteiger charge is 2.61. The fourth-order valence-corrected chi connectivity index (χ4v) is 5.93. The van der Waals surface area contributed by atoms with Gasteiger partial charge in [-0.05, 0) is 18.5 Å². The Hall–Kier alpha value is -2.99. The van der Waals surface area contributed by atoms with Crippen molar-refractivity contribution >= 4 is 26.5 Å². The van der Waals surface area contributed by atoms with Gasteiger partial charge in [0.25, 0.3) is 5.56 Å². The minimum atomic E-state index is -4.70. The summed E-state index contributed by atoms with van der Waals surface area (Å²) in [6.45, 7) is 11.6. The van der Waals surface area contributed by atoms with E-state index < -0.39 is 62.1 Å². The third kappa shape index (κ3) is 7.31. The molecule has 2 aromatic rings. The van der Waals surface area contributed by atoms with Crippen LogP contribution in [0.25, 0.3) is 11.4 Å². The molecule has 2 atom stereocenters. The summed E-state index contributed by atoms with van der Waals surface area (Å²) in [6.07, 6.45) is -3.51. The maximum absolute atomic E-state index is 14.6. The third-order valence-corrected chi connectivity index (χ3v) is 6.80. The van der Waals surface area contributed by atoms with Gasteiger partial charge in [0.2, 0.25) is 11.8 Å². The number of carbonyl (C=O) groups excluding carboxylic acids is 2. The molecule has 0 saturated carbocycles. The topological polar surface area (TPSA) is 102 Å². The molecular formula is C26H37F3N4O4Si. The largest absolute Gasteiger partial charge is 0.398 e. The van der Waals surface area contributed by atoms with Crippen molar-refractivity contribution in [2.75, 3.05) is 5.32 Å². The van der Waals surface area contributed by atoms with E-state index in [1.54, 1.807) is 57.3 Å². The molecule has 0 fully saturated rings. The Morgan fingerprint density at radius 3 is 2.13 bits per heavy atom. The number of nitrogens with one attached hydrogen (secondary N) is 2. The van der Waals surface area contributed by atoms with Crippen LogP contribution < -0.4 is 16.2 Å². The Kier molecular flexibility index (Phi) is 9.71. The van der Waals surface area contributed by atoms with Crippen LogP contribution in [-0.4, -0.2) is 42.3 Å². The summed E-state index contributed by atoms with van der Waals surface area (Å²) in [5.41, 5.74) is -3.77. The molecule has 2 unspecified atom stereocenters. The maximum Gasteiger partial charge on any atom is 0.396 e. The Morgan fingerprint density at radius 1 is 1.11 bits per heavy atom. The molecule has 0 radical (unpaired) electrons. The monoisotopic (exact) mass is 554 g/mol. The van der Waals surface area contributed by atoms with E-state index in [0.717, 1.165) is 4.57 Å². The lowest BCUT2D eigenvalue weighted by Crippen LogP contribution is -2.67. The number of halogens is 3. The lowest BCUT2D eigenvalue weighted by Gasteiger charge is -2.51. The van der Waals surface area contributed by atoms with Crippen molar-refractivity contribution in [2.24, 2.45) is 17.3 Å². The summed E-state index contributed by atoms with van der Waals surface area (Å²) >= 11 is 0. The molecule has 2 rings (SSSR count). The number of carbonyl (C=O) groups is 2. The van der Waals surface area contributed by atoms with E-state index in [9.17, 15) is 27.6 Å². The SMILES string of the molecule is CC(=O)Nc1cnc(-c2ccccc2)n(CC(=O)NC(O[SiH](C)C)(C(C)C)C(C(C)(C)C)C(F)(F)F)c1=O. The highest BCUT2D eigenvalue weighted by Crippen LogP contribution is 2.49. The molecule has 0 bridgehead atoms. The molecule has 0 saturated heterocycles. The zero-order valence-electron chi connectivity index (χ0n) is 23.1. The van der Waals surface area contributed by atoms with Crippen LogP contribution in [0.15, 0.2) is 41.3 Å². The Morgan fingerprint density at radius 2 is 1.68 bits per heavy atom. The molecule has 12 heteroatoms. The normalized spacial score (nSPS) is 14.8. The van der Waals surface area contributed by atoms with Crippen LogP contribution in [-0.2, 0) is 20.6 Å². The molecule has 2 N–H and O–H groups in total. The zero-order chi connectivity index (χ0) is 29.1. The number of rotatable bonds is 9. The molecule has 0 spiro atoms. The van der Waals surface area contributed by atoms with Gasteiger partial charge in [-0.3, -0.25) is 19.0 Å². The van der Waals surface area contributed by atoms with E-state index in [0.29, 0.717) is 5.56 Å². The van der Waals surface area contributed by atoms with Crippen molar-refractivity contribution in [3.05, 3.63) is 46.9 Å². The molecule has 8 nitrogen and oxygen atoms in total. The van der Waals surface area contributed by atoms with Gasteiger partial charge < -0.3 is 15.1 Å². The molecule has 0 aliphatic heterocycles. The second kappa shape index (κ2) is 11.8. The molecular weight excluding hydrogens is 517 g/mol. The van der Waals surface area contributed by atoms with Crippen molar-refractivity contribution in [2.45, 2.75) is 73.1 Å². The molecule has 0 aliphatic carbocycles. The van der Waals surface area contributed by atoms with Crippen molar-refractivity contribution in [3.8, 4) is 11.4 Å². The lowest BCUT2D eigenvalue weighted by atomic mass is 9.70. The maximum atomic E-state index is 14.6. The fourth-order valence-electron chi connectivity index (χ4n) is 4.68. The highest BCUT2D eigenvalue weighted by atomic mass is 28.3. The van der Waals surface area contributed by atoms with Crippen LogP contribution in [0.5, 0.6) is 0 Å². The molecule has 0 aliphatic rings. The molecule has 1 heterocycles. The average molecular weight is 555 g/mol. The van der Waals surface area contributed by atoms with E-state index in [-0.39, 0.29) is 11.5 Å². The molecule has 1 aromatic heterocycles. The van der Waals surface area contributed by atoms with Crippen LogP contribution in [0.1, 0.15) is 41.5 Å². The van der Waals surface area contributed by atoms with Crippen molar-refractivity contribution in [1.29, 1.82) is 0 Å². The smallest absolute Gasteiger partial charge is 0.396 e. The summed E-state index contributed by atoms with van der Waals surface area (Å²) < 4.78 is 50.9. The summed E-state index contributed by atoms with van der Waals surface area (Å²) in [6, 6.07) is 8.56. The summed E-state index contributed by atoms with van der Waals surface area (Å²) in [4.78, 5) is 42.7. The van der Waals surface area contributed by atoms with Gasteiger partial charge in [0.1, 0.15) is 29.7 Å². The minimum absolute atomic E-state index is 0.123. The average Bonchev–Trinajstić information content (AvgIpc) is 2.74. The fraction of sp³-hybridized carbons (Fsp3) is 0.538. The molecule has 210 valence electrons. The van der Waals surface area contributed by atoms with Crippen LogP contribution >= 0.6 is 0 Å². The Labute approximate surface area is 222 Å². The van der Waals surface area contributed by atoms with Crippen LogP contribution in [0.3, 0.4) is 0 Å². The second-order valence-corrected chi connectivity index (χ2v) is 13.3. The van der Waals surface area contributed by atoms with Gasteiger partial charge in [0, 0.05) is 18.4 Å². The third-order valence-electron chi connectivity index (χ3n) is 5.94. The van der Waals surface area contributed by atoms with Gasteiger partial charge in [-0.2, -0.15) is 13.2 Å². The standard InChI is InChI=1S/C26H37F3N4O4Si/c1-16(2)25(37-38(7)8,23(24(4,5)6)26(27,28)29)32-20(35)15-33-21(18-12-10-9-11-13-18)30-14-19(22(33)36)31-17(3)34/h9-14,16,23,38H,15H2,1-8H3,(H,31,34)(H,32,35). The van der Waals surface area contributed by atoms with E-state index in [4.69, 9.17) is 4.43 Å². The summed E-state index contributed by atoms with van der Waals surface area (Å²) in [5.74, 6) is -4.05. The van der Waals surface area contributed by atoms with E-state index in [1.807, 2.05) is 0 Å². The van der Waals surface area contributed by atoms with Gasteiger partial charge in [0.15, 0.2) is 9.04 Å². The second-order valence-electron chi connectivity index (χ2n) is 10.9. The number of hydrogen-bond acceptors (Lipinski definition) is 5. The van der Waals surface area contributed by atoms with E-state index >= 15 is 0 Å². The quantitative estimate of drug-likeness (QED) is 0.350. The zero-order valence-corrected chi connectivity index (χ0v) is 24.2. The van der Waals surface area contributed by atoms with Crippen molar-refractivity contribution in [3.63, 3.8) is 0 Å². The first kappa shape index (κ1) is 31.2. The van der Waals surface area contributed by atoms with Crippen molar-refractivity contribution < 1.29 is 27.2 Å². The molecule has 38 heavy (non-hydrogen) atoms. The van der Waals surface area contributed by atoms with Crippen molar-refractivity contribution in [1.82, 2.24) is 14.9 Å². The summed E-state index contributed by atoms with van der Waals surface area (Å²) in [7, 11) is -2.13.